The van der Waals surface area contributed by atoms with Crippen LogP contribution < -0.4 is 10.2 Å². The van der Waals surface area contributed by atoms with E-state index in [1.165, 1.54) is 10.5 Å². The third-order valence-electron chi connectivity index (χ3n) is 7.46. The molecule has 3 aliphatic heterocycles. The zero-order valence-corrected chi connectivity index (χ0v) is 21.9. The maximum absolute atomic E-state index is 12.9. The number of hydrogen-bond acceptors (Lipinski definition) is 5. The van der Waals surface area contributed by atoms with Crippen LogP contribution in [0.15, 0.2) is 36.4 Å². The highest BCUT2D eigenvalue weighted by molar-refractivity contribution is 5.91. The number of likely N-dealkylation sites (tertiary alicyclic amines) is 1. The number of carbonyl (C=O) groups is 1. The lowest BCUT2D eigenvalue weighted by atomic mass is 9.98. The number of ether oxygens (including phenoxy) is 1. The fourth-order valence-corrected chi connectivity index (χ4v) is 5.39. The molecular weight excluding hydrogens is 495 g/mol. The molecule has 38 heavy (non-hydrogen) atoms. The Kier molecular flexibility index (Phi) is 7.63. The number of urea groups is 1. The minimum atomic E-state index is -4.21. The smallest absolute Gasteiger partial charge is 0.378 e. The quantitative estimate of drug-likeness (QED) is 0.589. The van der Waals surface area contributed by atoms with Gasteiger partial charge in [-0.05, 0) is 72.8 Å². The number of morpholine rings is 1. The van der Waals surface area contributed by atoms with Gasteiger partial charge in [-0.3, -0.25) is 4.90 Å². The summed E-state index contributed by atoms with van der Waals surface area (Å²) in [6, 6.07) is 9.55. The summed E-state index contributed by atoms with van der Waals surface area (Å²) in [4.78, 5) is 23.8. The van der Waals surface area contributed by atoms with Crippen molar-refractivity contribution in [1.82, 2.24) is 14.8 Å². The zero-order chi connectivity index (χ0) is 26.9. The highest BCUT2D eigenvalue weighted by Crippen LogP contribution is 2.34. The molecule has 2 fully saturated rings. The second-order valence-electron chi connectivity index (χ2n) is 10.5. The third kappa shape index (κ3) is 6.30. The first-order chi connectivity index (χ1) is 18.1. The van der Waals surface area contributed by atoms with Gasteiger partial charge >= 0.3 is 12.2 Å². The van der Waals surface area contributed by atoms with Gasteiger partial charge in [0.2, 0.25) is 0 Å². The monoisotopic (exact) mass is 529 g/mol. The van der Waals surface area contributed by atoms with E-state index in [-0.39, 0.29) is 12.6 Å². The molecule has 0 radical (unpaired) electrons. The van der Waals surface area contributed by atoms with Crippen LogP contribution in [0.2, 0.25) is 0 Å². The van der Waals surface area contributed by atoms with E-state index < -0.39 is 18.5 Å². The minimum absolute atomic E-state index is 0.115. The van der Waals surface area contributed by atoms with Gasteiger partial charge in [0.1, 0.15) is 5.82 Å². The van der Waals surface area contributed by atoms with Crippen molar-refractivity contribution in [2.75, 3.05) is 69.7 Å². The van der Waals surface area contributed by atoms with Gasteiger partial charge in [0.05, 0.1) is 18.9 Å². The van der Waals surface area contributed by atoms with Crippen LogP contribution >= 0.6 is 0 Å². The molecule has 3 aliphatic rings. The van der Waals surface area contributed by atoms with Crippen molar-refractivity contribution < 1.29 is 22.7 Å². The number of halogens is 3. The number of anilines is 2. The van der Waals surface area contributed by atoms with E-state index >= 15 is 0 Å². The number of rotatable bonds is 5. The van der Waals surface area contributed by atoms with Crippen molar-refractivity contribution in [3.8, 4) is 11.1 Å². The Morgan fingerprint density at radius 2 is 1.95 bits per heavy atom. The maximum atomic E-state index is 12.9. The second-order valence-corrected chi connectivity index (χ2v) is 10.5. The first-order valence-corrected chi connectivity index (χ1v) is 13.1. The van der Waals surface area contributed by atoms with Crippen LogP contribution in [-0.4, -0.2) is 86.5 Å². The molecule has 10 heteroatoms. The van der Waals surface area contributed by atoms with Crippen LogP contribution in [-0.2, 0) is 4.74 Å². The molecule has 1 aromatic heterocycles. The van der Waals surface area contributed by atoms with Crippen molar-refractivity contribution in [1.29, 1.82) is 0 Å². The second kappa shape index (κ2) is 10.9. The van der Waals surface area contributed by atoms with Gasteiger partial charge in [-0.15, -0.1) is 0 Å². The van der Waals surface area contributed by atoms with Gasteiger partial charge in [0.15, 0.2) is 0 Å². The number of amides is 2. The highest BCUT2D eigenvalue weighted by Gasteiger charge is 2.36. The topological polar surface area (TPSA) is 60.9 Å². The number of likely N-dealkylation sites (N-methyl/N-ethyl adjacent to an activating group) is 1. The summed E-state index contributed by atoms with van der Waals surface area (Å²) in [6.45, 7) is 7.05. The molecule has 2 saturated heterocycles. The van der Waals surface area contributed by atoms with E-state index in [1.54, 1.807) is 0 Å². The number of alkyl halides is 3. The van der Waals surface area contributed by atoms with Crippen LogP contribution in [0.1, 0.15) is 24.1 Å². The first-order valence-electron chi connectivity index (χ1n) is 13.1. The standard InChI is InChI=1S/C28H34F3N5O2/c1-19-3-4-23(32-27(37)36-8-5-20(17-36)16-28(29,30)31)15-24(19)22-13-25(21-6-7-34(2)18-21)33-26(14-22)35-9-11-38-12-10-35/h3-4,6,13-15,20H,5,7-12,16-18H2,1-2H3,(H,32,37). The first kappa shape index (κ1) is 26.5. The van der Waals surface area contributed by atoms with Gasteiger partial charge in [0, 0.05) is 51.4 Å². The Hall–Kier alpha value is -3.11. The van der Waals surface area contributed by atoms with Crippen LogP contribution in [0.3, 0.4) is 0 Å². The van der Waals surface area contributed by atoms with Gasteiger partial charge in [0.25, 0.3) is 0 Å². The molecule has 0 saturated carbocycles. The molecule has 0 aliphatic carbocycles. The van der Waals surface area contributed by atoms with Crippen LogP contribution in [0, 0.1) is 12.8 Å². The molecule has 2 amide bonds. The minimum Gasteiger partial charge on any atom is -0.378 e. The molecule has 204 valence electrons. The predicted octanol–water partition coefficient (Wildman–Crippen LogP) is 5.03. The highest BCUT2D eigenvalue weighted by atomic mass is 19.4. The van der Waals surface area contributed by atoms with Crippen molar-refractivity contribution in [3.05, 3.63) is 47.7 Å². The fraction of sp³-hybridized carbons (Fsp3) is 0.500. The fourth-order valence-electron chi connectivity index (χ4n) is 5.39. The summed E-state index contributed by atoms with van der Waals surface area (Å²) in [7, 11) is 2.08. The Balaban J connectivity index is 1.39. The van der Waals surface area contributed by atoms with Gasteiger partial charge in [-0.1, -0.05) is 12.1 Å². The van der Waals surface area contributed by atoms with Crippen molar-refractivity contribution in [3.63, 3.8) is 0 Å². The lowest BCUT2D eigenvalue weighted by Gasteiger charge is -2.29. The summed E-state index contributed by atoms with van der Waals surface area (Å²) < 4.78 is 43.9. The third-order valence-corrected chi connectivity index (χ3v) is 7.46. The molecule has 1 aromatic carbocycles. The van der Waals surface area contributed by atoms with E-state index in [0.29, 0.717) is 31.9 Å². The number of carbonyl (C=O) groups excluding carboxylic acids is 1. The SMILES string of the molecule is Cc1ccc(NC(=O)N2CCC(CC(F)(F)F)C2)cc1-c1cc(C2=CCN(C)C2)nc(N2CCOCC2)c1. The number of pyridine rings is 1. The lowest BCUT2D eigenvalue weighted by molar-refractivity contribution is -0.143. The van der Waals surface area contributed by atoms with Gasteiger partial charge in [-0.25, -0.2) is 9.78 Å². The van der Waals surface area contributed by atoms with Crippen molar-refractivity contribution in [2.45, 2.75) is 25.9 Å². The molecule has 2 aromatic rings. The lowest BCUT2D eigenvalue weighted by Crippen LogP contribution is -2.36. The molecule has 4 heterocycles. The van der Waals surface area contributed by atoms with E-state index in [4.69, 9.17) is 9.72 Å². The van der Waals surface area contributed by atoms with E-state index in [2.05, 4.69) is 40.4 Å². The molecule has 0 spiro atoms. The molecule has 0 bridgehead atoms. The normalized spacial score (nSPS) is 20.7. The van der Waals surface area contributed by atoms with Gasteiger partial charge < -0.3 is 19.9 Å². The average molecular weight is 530 g/mol. The van der Waals surface area contributed by atoms with Crippen LogP contribution in [0.4, 0.5) is 29.5 Å². The Labute approximate surface area is 221 Å². The largest absolute Gasteiger partial charge is 0.389 e. The van der Waals surface area contributed by atoms with E-state index in [9.17, 15) is 18.0 Å². The molecule has 7 nitrogen and oxygen atoms in total. The Bertz CT molecular complexity index is 1210. The number of aromatic nitrogens is 1. The summed E-state index contributed by atoms with van der Waals surface area (Å²) >= 11 is 0. The number of nitrogens with zero attached hydrogens (tertiary/aromatic N) is 4. The molecule has 1 atom stereocenters. The van der Waals surface area contributed by atoms with Crippen molar-refractivity contribution in [2.24, 2.45) is 5.92 Å². The van der Waals surface area contributed by atoms with Crippen LogP contribution in [0.5, 0.6) is 0 Å². The van der Waals surface area contributed by atoms with Gasteiger partial charge in [-0.2, -0.15) is 13.2 Å². The summed E-state index contributed by atoms with van der Waals surface area (Å²) in [5, 5.41) is 2.90. The number of nitrogens with one attached hydrogen (secondary N) is 1. The molecule has 1 unspecified atom stereocenters. The zero-order valence-electron chi connectivity index (χ0n) is 21.9. The maximum Gasteiger partial charge on any atom is 0.389 e. The summed E-state index contributed by atoms with van der Waals surface area (Å²) in [5.41, 5.74) is 5.78. The van der Waals surface area contributed by atoms with E-state index in [1.807, 2.05) is 25.1 Å². The predicted molar refractivity (Wildman–Crippen MR) is 142 cm³/mol. The molecule has 5 rings (SSSR count). The van der Waals surface area contributed by atoms with E-state index in [0.717, 1.165) is 54.4 Å². The number of hydrogen-bond donors (Lipinski definition) is 1. The molecule has 1 N–H and O–H groups in total. The Morgan fingerprint density at radius 3 is 2.66 bits per heavy atom. The summed E-state index contributed by atoms with van der Waals surface area (Å²) in [6.07, 6.45) is -2.49. The number of benzene rings is 1. The van der Waals surface area contributed by atoms with Crippen molar-refractivity contribution >= 4 is 23.1 Å². The average Bonchev–Trinajstić information content (AvgIpc) is 3.53. The Morgan fingerprint density at radius 1 is 1.16 bits per heavy atom. The molecular formula is C28H34F3N5O2. The summed E-state index contributed by atoms with van der Waals surface area (Å²) in [5.74, 6) is 0.352. The number of aryl methyl sites for hydroxylation is 1. The van der Waals surface area contributed by atoms with Crippen LogP contribution in [0.25, 0.3) is 16.7 Å².